The van der Waals surface area contributed by atoms with Crippen molar-refractivity contribution in [3.63, 3.8) is 0 Å². The van der Waals surface area contributed by atoms with Gasteiger partial charge in [0.25, 0.3) is 11.8 Å². The minimum atomic E-state index is -0.415. The predicted molar refractivity (Wildman–Crippen MR) is 58.8 cm³/mol. The third-order valence-electron chi connectivity index (χ3n) is 2.60. The SMILES string of the molecule is NNC(=O)CCN1C(=O)c2ccccc2C1=O. The highest BCUT2D eigenvalue weighted by atomic mass is 16.2. The molecular weight excluding hydrogens is 222 g/mol. The molecule has 3 amide bonds. The number of carbonyl (C=O) groups excluding carboxylic acids is 3. The first-order chi connectivity index (χ1) is 8.15. The topological polar surface area (TPSA) is 92.5 Å². The summed E-state index contributed by atoms with van der Waals surface area (Å²) in [6.07, 6.45) is 0.00195. The molecule has 0 radical (unpaired) electrons. The van der Waals surface area contributed by atoms with Crippen LogP contribution in [-0.4, -0.2) is 29.2 Å². The summed E-state index contributed by atoms with van der Waals surface area (Å²) in [7, 11) is 0. The van der Waals surface area contributed by atoms with E-state index in [0.717, 1.165) is 4.90 Å². The average Bonchev–Trinajstić information content (AvgIpc) is 2.60. The molecule has 0 saturated heterocycles. The quantitative estimate of drug-likeness (QED) is 0.323. The predicted octanol–water partition coefficient (Wildman–Crippen LogP) is -0.337. The van der Waals surface area contributed by atoms with Crippen LogP contribution >= 0.6 is 0 Å². The lowest BCUT2D eigenvalue weighted by molar-refractivity contribution is -0.121. The molecule has 6 nitrogen and oxygen atoms in total. The number of benzene rings is 1. The fourth-order valence-corrected chi connectivity index (χ4v) is 1.73. The second-order valence-electron chi connectivity index (χ2n) is 3.63. The Labute approximate surface area is 97.4 Å². The van der Waals surface area contributed by atoms with Gasteiger partial charge in [0, 0.05) is 13.0 Å². The van der Waals surface area contributed by atoms with Crippen LogP contribution in [0.3, 0.4) is 0 Å². The first-order valence-corrected chi connectivity index (χ1v) is 5.10. The number of imide groups is 1. The highest BCUT2D eigenvalue weighted by Gasteiger charge is 2.34. The number of nitrogens with zero attached hydrogens (tertiary/aromatic N) is 1. The number of nitrogens with one attached hydrogen (secondary N) is 1. The molecular formula is C11H11N3O3. The van der Waals surface area contributed by atoms with Crippen molar-refractivity contribution in [3.8, 4) is 0 Å². The van der Waals surface area contributed by atoms with E-state index in [1.165, 1.54) is 0 Å². The zero-order valence-corrected chi connectivity index (χ0v) is 8.97. The Morgan fingerprint density at radius 3 is 2.18 bits per heavy atom. The zero-order valence-electron chi connectivity index (χ0n) is 8.97. The van der Waals surface area contributed by atoms with Crippen molar-refractivity contribution in [3.05, 3.63) is 35.4 Å². The lowest BCUT2D eigenvalue weighted by Crippen LogP contribution is -2.36. The molecule has 0 unspecified atom stereocenters. The summed E-state index contributed by atoms with van der Waals surface area (Å²) in [5.74, 6) is 3.78. The van der Waals surface area contributed by atoms with E-state index in [4.69, 9.17) is 5.84 Å². The summed E-state index contributed by atoms with van der Waals surface area (Å²) in [5.41, 5.74) is 2.71. The molecule has 0 atom stereocenters. The van der Waals surface area contributed by atoms with Gasteiger partial charge in [-0.05, 0) is 12.1 Å². The Kier molecular flexibility index (Phi) is 2.88. The molecule has 0 saturated carbocycles. The molecule has 1 aliphatic heterocycles. The van der Waals surface area contributed by atoms with E-state index in [0.29, 0.717) is 11.1 Å². The minimum absolute atomic E-state index is 0.00195. The van der Waals surface area contributed by atoms with Crippen molar-refractivity contribution in [2.45, 2.75) is 6.42 Å². The molecule has 0 fully saturated rings. The summed E-state index contributed by atoms with van der Waals surface area (Å²) in [6, 6.07) is 6.58. The van der Waals surface area contributed by atoms with E-state index < -0.39 is 5.91 Å². The lowest BCUT2D eigenvalue weighted by atomic mass is 10.1. The molecule has 1 aromatic carbocycles. The van der Waals surface area contributed by atoms with Crippen LogP contribution in [0.5, 0.6) is 0 Å². The first kappa shape index (κ1) is 11.3. The molecule has 1 heterocycles. The third-order valence-corrected chi connectivity index (χ3v) is 2.60. The van der Waals surface area contributed by atoms with E-state index in [2.05, 4.69) is 0 Å². The molecule has 1 aliphatic rings. The van der Waals surface area contributed by atoms with Crippen molar-refractivity contribution in [2.24, 2.45) is 5.84 Å². The normalized spacial score (nSPS) is 13.8. The smallest absolute Gasteiger partial charge is 0.261 e. The second-order valence-corrected chi connectivity index (χ2v) is 3.63. The maximum absolute atomic E-state index is 11.9. The van der Waals surface area contributed by atoms with Crippen LogP contribution in [0, 0.1) is 0 Å². The highest BCUT2D eigenvalue weighted by Crippen LogP contribution is 2.22. The van der Waals surface area contributed by atoms with Crippen molar-refractivity contribution in [1.82, 2.24) is 10.3 Å². The lowest BCUT2D eigenvalue weighted by Gasteiger charge is -2.12. The third kappa shape index (κ3) is 1.90. The molecule has 6 heteroatoms. The van der Waals surface area contributed by atoms with Gasteiger partial charge in [0.2, 0.25) is 5.91 Å². The average molecular weight is 233 g/mol. The number of fused-ring (bicyclic) bond motifs is 1. The van der Waals surface area contributed by atoms with E-state index in [1.807, 2.05) is 5.43 Å². The van der Waals surface area contributed by atoms with Crippen LogP contribution in [0.25, 0.3) is 0 Å². The van der Waals surface area contributed by atoms with Crippen LogP contribution in [-0.2, 0) is 4.79 Å². The van der Waals surface area contributed by atoms with Crippen LogP contribution < -0.4 is 11.3 Å². The Balaban J connectivity index is 2.16. The van der Waals surface area contributed by atoms with Gasteiger partial charge in [-0.1, -0.05) is 12.1 Å². The van der Waals surface area contributed by atoms with Gasteiger partial charge in [-0.25, -0.2) is 5.84 Å². The summed E-state index contributed by atoms with van der Waals surface area (Å²) in [6.45, 7) is 0.0371. The number of hydrogen-bond donors (Lipinski definition) is 2. The van der Waals surface area contributed by atoms with Crippen molar-refractivity contribution < 1.29 is 14.4 Å². The van der Waals surface area contributed by atoms with E-state index in [9.17, 15) is 14.4 Å². The Morgan fingerprint density at radius 2 is 1.71 bits per heavy atom. The van der Waals surface area contributed by atoms with Gasteiger partial charge in [-0.15, -0.1) is 0 Å². The standard InChI is InChI=1S/C11H11N3O3/c12-13-9(15)5-6-14-10(16)7-3-1-2-4-8(7)11(14)17/h1-4H,5-6,12H2,(H,13,15). The summed E-state index contributed by atoms with van der Waals surface area (Å²) in [4.78, 5) is 35.7. The summed E-state index contributed by atoms with van der Waals surface area (Å²) < 4.78 is 0. The Bertz CT molecular complexity index is 463. The maximum atomic E-state index is 11.9. The van der Waals surface area contributed by atoms with Gasteiger partial charge in [0.1, 0.15) is 0 Å². The fourth-order valence-electron chi connectivity index (χ4n) is 1.73. The number of nitrogens with two attached hydrogens (primary N) is 1. The minimum Gasteiger partial charge on any atom is -0.294 e. The molecule has 2 rings (SSSR count). The maximum Gasteiger partial charge on any atom is 0.261 e. The fraction of sp³-hybridized carbons (Fsp3) is 0.182. The Hall–Kier alpha value is -2.21. The van der Waals surface area contributed by atoms with Gasteiger partial charge in [-0.2, -0.15) is 0 Å². The van der Waals surface area contributed by atoms with E-state index in [1.54, 1.807) is 24.3 Å². The van der Waals surface area contributed by atoms with Gasteiger partial charge >= 0.3 is 0 Å². The van der Waals surface area contributed by atoms with Crippen LogP contribution in [0.1, 0.15) is 27.1 Å². The van der Waals surface area contributed by atoms with Crippen molar-refractivity contribution in [2.75, 3.05) is 6.54 Å². The molecule has 0 spiro atoms. The molecule has 0 aliphatic carbocycles. The van der Waals surface area contributed by atoms with Gasteiger partial charge in [0.05, 0.1) is 11.1 Å². The zero-order chi connectivity index (χ0) is 12.4. The summed E-state index contributed by atoms with van der Waals surface area (Å²) >= 11 is 0. The van der Waals surface area contributed by atoms with Crippen LogP contribution in [0.15, 0.2) is 24.3 Å². The molecule has 88 valence electrons. The van der Waals surface area contributed by atoms with E-state index in [-0.39, 0.29) is 24.8 Å². The van der Waals surface area contributed by atoms with Gasteiger partial charge < -0.3 is 0 Å². The monoisotopic (exact) mass is 233 g/mol. The summed E-state index contributed by atoms with van der Waals surface area (Å²) in [5, 5.41) is 0. The largest absolute Gasteiger partial charge is 0.294 e. The van der Waals surface area contributed by atoms with Crippen LogP contribution in [0.2, 0.25) is 0 Å². The molecule has 17 heavy (non-hydrogen) atoms. The second kappa shape index (κ2) is 4.34. The molecule has 1 aromatic rings. The number of hydrazine groups is 1. The van der Waals surface area contributed by atoms with Crippen molar-refractivity contribution >= 4 is 17.7 Å². The first-order valence-electron chi connectivity index (χ1n) is 5.10. The number of carbonyl (C=O) groups is 3. The van der Waals surface area contributed by atoms with Gasteiger partial charge in [0.15, 0.2) is 0 Å². The molecule has 0 aromatic heterocycles. The van der Waals surface area contributed by atoms with Crippen LogP contribution in [0.4, 0.5) is 0 Å². The van der Waals surface area contributed by atoms with Gasteiger partial charge in [-0.3, -0.25) is 24.7 Å². The van der Waals surface area contributed by atoms with E-state index >= 15 is 0 Å². The number of rotatable bonds is 3. The molecule has 3 N–H and O–H groups in total. The number of amides is 3. The van der Waals surface area contributed by atoms with Crippen molar-refractivity contribution in [1.29, 1.82) is 0 Å². The Morgan fingerprint density at radius 1 is 1.18 bits per heavy atom. The molecule has 0 bridgehead atoms. The highest BCUT2D eigenvalue weighted by molar-refractivity contribution is 6.21. The number of hydrogen-bond acceptors (Lipinski definition) is 4.